The summed E-state index contributed by atoms with van der Waals surface area (Å²) in [6.45, 7) is 2.20. The largest absolute Gasteiger partial charge is 0.458 e. The summed E-state index contributed by atoms with van der Waals surface area (Å²) in [5.74, 6) is 0.985. The Morgan fingerprint density at radius 2 is 2.00 bits per heavy atom. The number of ether oxygens (including phenoxy) is 1. The van der Waals surface area contributed by atoms with Crippen LogP contribution >= 0.6 is 11.8 Å². The fourth-order valence-corrected chi connectivity index (χ4v) is 3.72. The van der Waals surface area contributed by atoms with Gasteiger partial charge in [0.1, 0.15) is 6.10 Å². The van der Waals surface area contributed by atoms with Crippen molar-refractivity contribution >= 4 is 17.7 Å². The minimum atomic E-state index is -0.172. The summed E-state index contributed by atoms with van der Waals surface area (Å²) >= 11 is 1.97. The van der Waals surface area contributed by atoms with Gasteiger partial charge in [-0.15, -0.1) is 0 Å². The van der Waals surface area contributed by atoms with Gasteiger partial charge < -0.3 is 4.74 Å². The number of carbonyl (C=O) groups is 1. The van der Waals surface area contributed by atoms with Crippen LogP contribution in [0, 0.1) is 0 Å². The second-order valence-corrected chi connectivity index (χ2v) is 6.35. The summed E-state index contributed by atoms with van der Waals surface area (Å²) in [7, 11) is 0. The van der Waals surface area contributed by atoms with Gasteiger partial charge in [-0.1, -0.05) is 31.5 Å². The molecule has 2 nitrogen and oxygen atoms in total. The Bertz CT molecular complexity index is 391. The molecule has 0 radical (unpaired) electrons. The molecule has 1 fully saturated rings. The third-order valence-corrected chi connectivity index (χ3v) is 5.06. The molecule has 0 heterocycles. The zero-order valence-corrected chi connectivity index (χ0v) is 12.3. The number of esters is 1. The van der Waals surface area contributed by atoms with Crippen molar-refractivity contribution in [2.24, 2.45) is 0 Å². The maximum atomic E-state index is 12.1. The fraction of sp³-hybridized carbons (Fsp3) is 0.562. The predicted octanol–water partition coefficient (Wildman–Crippen LogP) is 4.30. The summed E-state index contributed by atoms with van der Waals surface area (Å²) in [6, 6.07) is 9.30. The van der Waals surface area contributed by atoms with Crippen LogP contribution in [0.25, 0.3) is 0 Å². The van der Waals surface area contributed by atoms with Gasteiger partial charge in [0.25, 0.3) is 0 Å². The average molecular weight is 278 g/mol. The lowest BCUT2D eigenvalue weighted by molar-refractivity contribution is 0.0229. The van der Waals surface area contributed by atoms with Crippen LogP contribution < -0.4 is 0 Å². The quantitative estimate of drug-likeness (QED) is 0.751. The van der Waals surface area contributed by atoms with Crippen LogP contribution in [0.4, 0.5) is 0 Å². The molecule has 1 aliphatic rings. The van der Waals surface area contributed by atoms with Crippen molar-refractivity contribution in [2.75, 3.05) is 5.75 Å². The van der Waals surface area contributed by atoms with Gasteiger partial charge in [0.15, 0.2) is 0 Å². The molecular weight excluding hydrogens is 256 g/mol. The Kier molecular flexibility index (Phi) is 5.77. The lowest BCUT2D eigenvalue weighted by Crippen LogP contribution is -2.32. The summed E-state index contributed by atoms with van der Waals surface area (Å²) in [4.78, 5) is 12.1. The second-order valence-electron chi connectivity index (χ2n) is 5.00. The Balaban J connectivity index is 1.93. The molecule has 0 N–H and O–H groups in total. The summed E-state index contributed by atoms with van der Waals surface area (Å²) < 4.78 is 5.73. The molecule has 0 spiro atoms. The third-order valence-electron chi connectivity index (χ3n) is 3.45. The summed E-state index contributed by atoms with van der Waals surface area (Å²) in [5, 5.41) is 0.487. The lowest BCUT2D eigenvalue weighted by atomic mass is 9.97. The highest BCUT2D eigenvalue weighted by Crippen LogP contribution is 2.31. The van der Waals surface area contributed by atoms with Crippen molar-refractivity contribution in [1.29, 1.82) is 0 Å². The van der Waals surface area contributed by atoms with E-state index in [1.165, 1.54) is 25.7 Å². The standard InChI is InChI=1S/C16H22O2S/c1-2-12-19-15-11-7-6-10-14(15)18-16(17)13-8-4-3-5-9-13/h3-5,8-9,14-15H,2,6-7,10-12H2,1H3/t14-,15-/m1/s1. The molecule has 1 saturated carbocycles. The van der Waals surface area contributed by atoms with Crippen molar-refractivity contribution in [3.05, 3.63) is 35.9 Å². The first-order valence-corrected chi connectivity index (χ1v) is 8.23. The fourth-order valence-electron chi connectivity index (χ4n) is 2.44. The van der Waals surface area contributed by atoms with Crippen molar-refractivity contribution in [3.63, 3.8) is 0 Å². The minimum Gasteiger partial charge on any atom is -0.458 e. The van der Waals surface area contributed by atoms with E-state index in [0.29, 0.717) is 10.8 Å². The first-order valence-electron chi connectivity index (χ1n) is 7.19. The van der Waals surface area contributed by atoms with Gasteiger partial charge >= 0.3 is 5.97 Å². The van der Waals surface area contributed by atoms with E-state index in [4.69, 9.17) is 4.74 Å². The predicted molar refractivity (Wildman–Crippen MR) is 80.7 cm³/mol. The molecule has 0 aliphatic heterocycles. The van der Waals surface area contributed by atoms with Crippen LogP contribution in [0.3, 0.4) is 0 Å². The van der Waals surface area contributed by atoms with Gasteiger partial charge in [-0.3, -0.25) is 0 Å². The molecule has 2 atom stereocenters. The highest BCUT2D eigenvalue weighted by Gasteiger charge is 2.28. The second kappa shape index (κ2) is 7.59. The van der Waals surface area contributed by atoms with Gasteiger partial charge in [-0.25, -0.2) is 4.79 Å². The molecule has 0 saturated heterocycles. The molecular formula is C16H22O2S. The molecule has 2 rings (SSSR count). The highest BCUT2D eigenvalue weighted by molar-refractivity contribution is 7.99. The third kappa shape index (κ3) is 4.27. The van der Waals surface area contributed by atoms with Crippen LogP contribution in [0.1, 0.15) is 49.4 Å². The van der Waals surface area contributed by atoms with Gasteiger partial charge in [-0.05, 0) is 43.6 Å². The number of thioether (sulfide) groups is 1. The van der Waals surface area contributed by atoms with Crippen LogP contribution in [0.15, 0.2) is 30.3 Å². The van der Waals surface area contributed by atoms with E-state index in [9.17, 15) is 4.79 Å². The monoisotopic (exact) mass is 278 g/mol. The molecule has 1 aromatic rings. The van der Waals surface area contributed by atoms with Crippen molar-refractivity contribution < 1.29 is 9.53 Å². The minimum absolute atomic E-state index is 0.0954. The van der Waals surface area contributed by atoms with E-state index in [-0.39, 0.29) is 12.1 Å². The van der Waals surface area contributed by atoms with E-state index in [2.05, 4.69) is 6.92 Å². The van der Waals surface area contributed by atoms with Crippen molar-refractivity contribution in [2.45, 2.75) is 50.4 Å². The van der Waals surface area contributed by atoms with E-state index in [1.54, 1.807) is 0 Å². The normalized spacial score (nSPS) is 23.0. The summed E-state index contributed by atoms with van der Waals surface area (Å²) in [6.07, 6.45) is 5.91. The smallest absolute Gasteiger partial charge is 0.338 e. The zero-order valence-electron chi connectivity index (χ0n) is 11.5. The Labute approximate surface area is 119 Å². The molecule has 0 unspecified atom stereocenters. The first kappa shape index (κ1) is 14.4. The first-order chi connectivity index (χ1) is 9.31. The van der Waals surface area contributed by atoms with Crippen LogP contribution in [-0.2, 0) is 4.74 Å². The Morgan fingerprint density at radius 3 is 2.74 bits per heavy atom. The molecule has 1 aromatic carbocycles. The van der Waals surface area contributed by atoms with Crippen molar-refractivity contribution in [3.8, 4) is 0 Å². The number of benzene rings is 1. The van der Waals surface area contributed by atoms with E-state index in [1.807, 2.05) is 42.1 Å². The SMILES string of the molecule is CCCS[C@@H]1CCCC[C@H]1OC(=O)c1ccccc1. The van der Waals surface area contributed by atoms with Crippen LogP contribution in [-0.4, -0.2) is 23.1 Å². The molecule has 0 aromatic heterocycles. The van der Waals surface area contributed by atoms with E-state index in [0.717, 1.165) is 12.2 Å². The van der Waals surface area contributed by atoms with E-state index < -0.39 is 0 Å². The Hall–Kier alpha value is -0.960. The van der Waals surface area contributed by atoms with Crippen LogP contribution in [0.5, 0.6) is 0 Å². The molecule has 1 aliphatic carbocycles. The summed E-state index contributed by atoms with van der Waals surface area (Å²) in [5.41, 5.74) is 0.660. The highest BCUT2D eigenvalue weighted by atomic mass is 32.2. The number of rotatable bonds is 5. The number of hydrogen-bond donors (Lipinski definition) is 0. The van der Waals surface area contributed by atoms with Crippen LogP contribution in [0.2, 0.25) is 0 Å². The molecule has 104 valence electrons. The lowest BCUT2D eigenvalue weighted by Gasteiger charge is -2.30. The molecule has 3 heteroatoms. The topological polar surface area (TPSA) is 26.3 Å². The number of hydrogen-bond acceptors (Lipinski definition) is 3. The zero-order chi connectivity index (χ0) is 13.5. The van der Waals surface area contributed by atoms with Gasteiger partial charge in [0.2, 0.25) is 0 Å². The molecule has 0 amide bonds. The molecule has 19 heavy (non-hydrogen) atoms. The number of carbonyl (C=O) groups excluding carboxylic acids is 1. The average Bonchev–Trinajstić information content (AvgIpc) is 2.47. The molecule has 0 bridgehead atoms. The van der Waals surface area contributed by atoms with Gasteiger partial charge in [0, 0.05) is 5.25 Å². The van der Waals surface area contributed by atoms with Gasteiger partial charge in [0.05, 0.1) is 5.56 Å². The maximum Gasteiger partial charge on any atom is 0.338 e. The van der Waals surface area contributed by atoms with Gasteiger partial charge in [-0.2, -0.15) is 11.8 Å². The maximum absolute atomic E-state index is 12.1. The van der Waals surface area contributed by atoms with E-state index >= 15 is 0 Å². The van der Waals surface area contributed by atoms with Crippen molar-refractivity contribution in [1.82, 2.24) is 0 Å². The Morgan fingerprint density at radius 1 is 1.26 bits per heavy atom.